The highest BCUT2D eigenvalue weighted by Crippen LogP contribution is 2.67. The van der Waals surface area contributed by atoms with Gasteiger partial charge in [0.15, 0.2) is 5.12 Å². The van der Waals surface area contributed by atoms with E-state index in [9.17, 15) is 9.59 Å². The van der Waals surface area contributed by atoms with Crippen LogP contribution < -0.4 is 0 Å². The van der Waals surface area contributed by atoms with E-state index >= 15 is 0 Å². The van der Waals surface area contributed by atoms with Crippen LogP contribution in [0, 0.1) is 40.4 Å². The molecule has 4 rings (SSSR count). The molecule has 0 heterocycles. The Morgan fingerprint density at radius 2 is 1.94 bits per heavy atom. The molecule has 0 spiro atoms. The molecule has 8 atom stereocenters. The zero-order valence-corrected chi connectivity index (χ0v) is 21.1. The number of esters is 1. The number of rotatable bonds is 5. The Morgan fingerprint density at radius 3 is 2.65 bits per heavy atom. The zero-order chi connectivity index (χ0) is 22.4. The van der Waals surface area contributed by atoms with Crippen LogP contribution in [-0.4, -0.2) is 23.4 Å². The van der Waals surface area contributed by atoms with Gasteiger partial charge in [0.25, 0.3) is 0 Å². The van der Waals surface area contributed by atoms with Crippen molar-refractivity contribution in [1.29, 1.82) is 0 Å². The number of hydrogen-bond donors (Lipinski definition) is 0. The first-order valence-electron chi connectivity index (χ1n) is 12.6. The largest absolute Gasteiger partial charge is 0.462 e. The second-order valence-corrected chi connectivity index (χ2v) is 12.4. The highest BCUT2D eigenvalue weighted by Gasteiger charge is 2.59. The first-order chi connectivity index (χ1) is 14.7. The molecule has 0 bridgehead atoms. The Morgan fingerprint density at radius 1 is 1.16 bits per heavy atom. The van der Waals surface area contributed by atoms with Crippen LogP contribution in [0.4, 0.5) is 0 Å². The molecule has 174 valence electrons. The van der Waals surface area contributed by atoms with E-state index in [2.05, 4.69) is 26.8 Å². The fourth-order valence-corrected chi connectivity index (χ4v) is 8.91. The lowest BCUT2D eigenvalue weighted by Gasteiger charge is -2.58. The average Bonchev–Trinajstić information content (AvgIpc) is 3.09. The minimum atomic E-state index is -0.137. The summed E-state index contributed by atoms with van der Waals surface area (Å²) in [7, 11) is 0. The maximum absolute atomic E-state index is 11.9. The van der Waals surface area contributed by atoms with Crippen molar-refractivity contribution in [3.63, 3.8) is 0 Å². The van der Waals surface area contributed by atoms with Crippen LogP contribution in [0.3, 0.4) is 0 Å². The van der Waals surface area contributed by atoms with Gasteiger partial charge in [0.05, 0.1) is 0 Å². The van der Waals surface area contributed by atoms with E-state index in [0.717, 1.165) is 55.8 Å². The summed E-state index contributed by atoms with van der Waals surface area (Å²) in [6.07, 6.45) is 16.1. The van der Waals surface area contributed by atoms with Gasteiger partial charge in [-0.15, -0.1) is 0 Å². The number of carbonyl (C=O) groups is 2. The lowest BCUT2D eigenvalue weighted by atomic mass is 9.47. The van der Waals surface area contributed by atoms with Crippen molar-refractivity contribution in [2.75, 3.05) is 6.26 Å². The molecule has 4 heteroatoms. The van der Waals surface area contributed by atoms with Gasteiger partial charge in [-0.25, -0.2) is 0 Å². The average molecular weight is 447 g/mol. The van der Waals surface area contributed by atoms with E-state index in [1.807, 2.05) is 6.26 Å². The summed E-state index contributed by atoms with van der Waals surface area (Å²) in [6.45, 7) is 9.06. The molecule has 0 aromatic carbocycles. The zero-order valence-electron chi connectivity index (χ0n) is 20.2. The molecule has 0 aromatic rings. The van der Waals surface area contributed by atoms with Gasteiger partial charge in [-0.2, -0.15) is 0 Å². The number of carbonyl (C=O) groups excluding carboxylic acids is 2. The predicted octanol–water partition coefficient (Wildman–Crippen LogP) is 6.80. The van der Waals surface area contributed by atoms with Crippen LogP contribution >= 0.6 is 11.8 Å². The van der Waals surface area contributed by atoms with E-state index in [0.29, 0.717) is 21.9 Å². The minimum absolute atomic E-state index is 0.0861. The van der Waals surface area contributed by atoms with Gasteiger partial charge in [-0.1, -0.05) is 44.2 Å². The molecular formula is C27H42O3S. The minimum Gasteiger partial charge on any atom is -0.462 e. The van der Waals surface area contributed by atoms with Crippen molar-refractivity contribution in [3.8, 4) is 0 Å². The van der Waals surface area contributed by atoms with Crippen molar-refractivity contribution < 1.29 is 14.3 Å². The third-order valence-electron chi connectivity index (χ3n) is 10.2. The van der Waals surface area contributed by atoms with E-state index in [1.54, 1.807) is 5.57 Å². The van der Waals surface area contributed by atoms with Crippen LogP contribution in [0.15, 0.2) is 11.6 Å². The normalized spacial score (nSPS) is 42.6. The standard InChI is InChI=1S/C27H42O3S/c1-17(6-11-25(29)31-5)22-9-10-23-21-8-7-19-16-20(30-18(2)28)12-14-26(19,3)24(21)13-15-27(22,23)4/h7,17,20-24H,6,8-16H2,1-5H3/t17-,20?,21+,22-,23+,24+,26+,27-/m1/s1. The molecule has 3 saturated carbocycles. The highest BCUT2D eigenvalue weighted by atomic mass is 32.2. The van der Waals surface area contributed by atoms with Crippen LogP contribution in [0.2, 0.25) is 0 Å². The van der Waals surface area contributed by atoms with Crippen molar-refractivity contribution >= 4 is 22.8 Å². The molecule has 0 amide bonds. The van der Waals surface area contributed by atoms with Gasteiger partial charge in [-0.05, 0) is 98.0 Å². The molecule has 3 fully saturated rings. The van der Waals surface area contributed by atoms with Crippen molar-refractivity contribution in [2.24, 2.45) is 40.4 Å². The van der Waals surface area contributed by atoms with Crippen LogP contribution in [0.5, 0.6) is 0 Å². The SMILES string of the molecule is CSC(=O)CC[C@@H](C)[C@H]1CC[C@H]2[C@@H]3CC=C4CC(OC(C)=O)CC[C@]4(C)[C@H]3CC[C@]12C. The summed E-state index contributed by atoms with van der Waals surface area (Å²) >= 11 is 1.39. The molecule has 4 aliphatic rings. The number of hydrogen-bond acceptors (Lipinski definition) is 4. The summed E-state index contributed by atoms with van der Waals surface area (Å²) in [5, 5.41) is 0.345. The third-order valence-corrected chi connectivity index (χ3v) is 10.8. The monoisotopic (exact) mass is 446 g/mol. The lowest BCUT2D eigenvalue weighted by molar-refractivity contribution is -0.148. The topological polar surface area (TPSA) is 43.4 Å². The molecule has 0 saturated heterocycles. The second-order valence-electron chi connectivity index (χ2n) is 11.6. The van der Waals surface area contributed by atoms with Crippen LogP contribution in [-0.2, 0) is 14.3 Å². The van der Waals surface area contributed by atoms with Gasteiger partial charge in [0.1, 0.15) is 6.10 Å². The van der Waals surface area contributed by atoms with Crippen molar-refractivity contribution in [2.45, 2.75) is 98.0 Å². The van der Waals surface area contributed by atoms with E-state index in [-0.39, 0.29) is 12.1 Å². The quantitative estimate of drug-likeness (QED) is 0.344. The summed E-state index contributed by atoms with van der Waals surface area (Å²) < 4.78 is 5.59. The first kappa shape index (κ1) is 23.4. The lowest BCUT2D eigenvalue weighted by Crippen LogP contribution is -2.51. The van der Waals surface area contributed by atoms with E-state index < -0.39 is 0 Å². The highest BCUT2D eigenvalue weighted by molar-refractivity contribution is 8.13. The molecule has 0 N–H and O–H groups in total. The van der Waals surface area contributed by atoms with Gasteiger partial charge >= 0.3 is 5.97 Å². The van der Waals surface area contributed by atoms with Crippen LogP contribution in [0.1, 0.15) is 91.9 Å². The molecule has 1 unspecified atom stereocenters. The fourth-order valence-electron chi connectivity index (χ4n) is 8.59. The summed E-state index contributed by atoms with van der Waals surface area (Å²) in [4.78, 5) is 23.3. The molecule has 3 nitrogen and oxygen atoms in total. The van der Waals surface area contributed by atoms with Crippen molar-refractivity contribution in [3.05, 3.63) is 11.6 Å². The Balaban J connectivity index is 1.48. The third kappa shape index (κ3) is 4.15. The molecule has 4 aliphatic carbocycles. The fraction of sp³-hybridized carbons (Fsp3) is 0.852. The summed E-state index contributed by atoms with van der Waals surface area (Å²) in [5.74, 6) is 3.70. The van der Waals surface area contributed by atoms with Crippen molar-refractivity contribution in [1.82, 2.24) is 0 Å². The number of fused-ring (bicyclic) bond motifs is 5. The Hall–Kier alpha value is -0.770. The van der Waals surface area contributed by atoms with Gasteiger partial charge in [0, 0.05) is 19.8 Å². The Labute approximate surface area is 193 Å². The van der Waals surface area contributed by atoms with Gasteiger partial charge in [-0.3, -0.25) is 9.59 Å². The maximum atomic E-state index is 11.9. The number of allylic oxidation sites excluding steroid dienone is 1. The summed E-state index contributed by atoms with van der Waals surface area (Å²) in [6, 6.07) is 0. The summed E-state index contributed by atoms with van der Waals surface area (Å²) in [5.41, 5.74) is 2.32. The Bertz CT molecular complexity index is 745. The molecular weight excluding hydrogens is 404 g/mol. The molecule has 0 aliphatic heterocycles. The Kier molecular flexibility index (Phi) is 6.70. The van der Waals surface area contributed by atoms with Gasteiger partial charge in [0.2, 0.25) is 0 Å². The van der Waals surface area contributed by atoms with E-state index in [4.69, 9.17) is 4.74 Å². The van der Waals surface area contributed by atoms with Crippen LogP contribution in [0.25, 0.3) is 0 Å². The smallest absolute Gasteiger partial charge is 0.302 e. The van der Waals surface area contributed by atoms with Gasteiger partial charge < -0.3 is 4.74 Å². The van der Waals surface area contributed by atoms with E-state index in [1.165, 1.54) is 50.8 Å². The maximum Gasteiger partial charge on any atom is 0.302 e. The number of ether oxygens (including phenoxy) is 1. The second kappa shape index (κ2) is 8.88. The molecule has 0 radical (unpaired) electrons. The molecule has 0 aromatic heterocycles. The molecule has 31 heavy (non-hydrogen) atoms. The number of thioether (sulfide) groups is 1. The first-order valence-corrected chi connectivity index (χ1v) is 13.8. The predicted molar refractivity (Wildman–Crippen MR) is 128 cm³/mol.